The summed E-state index contributed by atoms with van der Waals surface area (Å²) in [4.78, 5) is 14.1. The number of halogens is 2. The highest BCUT2D eigenvalue weighted by atomic mass is 35.5. The Kier molecular flexibility index (Phi) is 7.78. The molecule has 3 nitrogen and oxygen atoms in total. The first-order valence-corrected chi connectivity index (χ1v) is 7.77. The Bertz CT molecular complexity index is 422. The number of amides is 1. The van der Waals surface area contributed by atoms with Gasteiger partial charge >= 0.3 is 0 Å². The molecule has 1 aromatic carbocycles. The van der Waals surface area contributed by atoms with Crippen molar-refractivity contribution in [1.82, 2.24) is 4.90 Å². The summed E-state index contributed by atoms with van der Waals surface area (Å²) in [5, 5.41) is 0.590. The van der Waals surface area contributed by atoms with E-state index in [9.17, 15) is 4.79 Å². The monoisotopic (exact) mass is 317 g/mol. The van der Waals surface area contributed by atoms with E-state index in [1.807, 2.05) is 0 Å². The van der Waals surface area contributed by atoms with Crippen molar-refractivity contribution in [3.8, 4) is 5.75 Å². The molecule has 0 aliphatic rings. The number of hydrogen-bond acceptors (Lipinski definition) is 2. The Morgan fingerprint density at radius 3 is 2.60 bits per heavy atom. The molecular weight excluding hydrogens is 297 g/mol. The van der Waals surface area contributed by atoms with Crippen LogP contribution >= 0.6 is 23.2 Å². The fourth-order valence-corrected chi connectivity index (χ4v) is 2.48. The molecule has 0 atom stereocenters. The van der Waals surface area contributed by atoms with E-state index in [0.29, 0.717) is 23.2 Å². The lowest BCUT2D eigenvalue weighted by atomic mass is 10.1. The Hall–Kier alpha value is -0.930. The normalized spacial score (nSPS) is 10.7. The van der Waals surface area contributed by atoms with E-state index in [1.54, 1.807) is 29.2 Å². The molecule has 0 fully saturated rings. The minimum atomic E-state index is -0.0423. The van der Waals surface area contributed by atoms with Gasteiger partial charge in [0, 0.05) is 23.5 Å². The fourth-order valence-electron chi connectivity index (χ4n) is 2.12. The Morgan fingerprint density at radius 2 is 2.05 bits per heavy atom. The number of alkyl halides is 1. The smallest absolute Gasteiger partial charge is 0.260 e. The number of carbonyl (C=O) groups is 1. The van der Waals surface area contributed by atoms with Gasteiger partial charge in [-0.1, -0.05) is 31.5 Å². The summed E-state index contributed by atoms with van der Waals surface area (Å²) >= 11 is 11.7. The number of benzene rings is 1. The lowest BCUT2D eigenvalue weighted by Crippen LogP contribution is -2.43. The van der Waals surface area contributed by atoms with Crippen LogP contribution in [0.2, 0.25) is 5.02 Å². The molecule has 1 amide bonds. The van der Waals surface area contributed by atoms with Crippen LogP contribution in [0.1, 0.15) is 26.7 Å². The Balaban J connectivity index is 2.62. The summed E-state index contributed by atoms with van der Waals surface area (Å²) in [5.41, 5.74) is 0. The maximum atomic E-state index is 12.3. The first-order chi connectivity index (χ1) is 9.62. The van der Waals surface area contributed by atoms with Crippen molar-refractivity contribution in [2.24, 2.45) is 0 Å². The van der Waals surface area contributed by atoms with Crippen LogP contribution < -0.4 is 4.74 Å². The van der Waals surface area contributed by atoms with E-state index in [-0.39, 0.29) is 18.6 Å². The minimum Gasteiger partial charge on any atom is -0.484 e. The average Bonchev–Trinajstić information content (AvgIpc) is 2.45. The summed E-state index contributed by atoms with van der Waals surface area (Å²) in [6, 6.07) is 7.24. The first kappa shape index (κ1) is 17.1. The molecule has 1 rings (SSSR count). The predicted octanol–water partition coefficient (Wildman–Crippen LogP) is 3.97. The van der Waals surface area contributed by atoms with Crippen LogP contribution in [0.25, 0.3) is 0 Å². The first-order valence-electron chi connectivity index (χ1n) is 6.86. The number of hydrogen-bond donors (Lipinski definition) is 0. The van der Waals surface area contributed by atoms with Crippen molar-refractivity contribution in [3.05, 3.63) is 29.3 Å². The Labute approximate surface area is 130 Å². The van der Waals surface area contributed by atoms with Crippen LogP contribution in [0.5, 0.6) is 5.75 Å². The molecule has 1 aromatic rings. The second-order valence-electron chi connectivity index (χ2n) is 4.49. The van der Waals surface area contributed by atoms with Gasteiger partial charge in [0.05, 0.1) is 0 Å². The molecule has 0 aliphatic carbocycles. The van der Waals surface area contributed by atoms with Gasteiger partial charge in [-0.2, -0.15) is 0 Å². The van der Waals surface area contributed by atoms with E-state index < -0.39 is 0 Å². The van der Waals surface area contributed by atoms with Crippen LogP contribution in [0.3, 0.4) is 0 Å². The third-order valence-electron chi connectivity index (χ3n) is 3.19. The highest BCUT2D eigenvalue weighted by Crippen LogP contribution is 2.17. The Morgan fingerprint density at radius 1 is 1.35 bits per heavy atom. The molecule has 0 aromatic heterocycles. The van der Waals surface area contributed by atoms with Gasteiger partial charge in [0.25, 0.3) is 5.91 Å². The molecular formula is C15H21Cl2NO2. The molecule has 0 saturated carbocycles. The number of ether oxygens (including phenoxy) is 1. The van der Waals surface area contributed by atoms with Crippen LogP contribution in [0, 0.1) is 0 Å². The van der Waals surface area contributed by atoms with Crippen molar-refractivity contribution >= 4 is 29.1 Å². The van der Waals surface area contributed by atoms with Gasteiger partial charge in [0.1, 0.15) is 5.75 Å². The largest absolute Gasteiger partial charge is 0.484 e. The van der Waals surface area contributed by atoms with E-state index in [0.717, 1.165) is 12.8 Å². The highest BCUT2D eigenvalue weighted by Gasteiger charge is 2.20. The molecule has 0 N–H and O–H groups in total. The fraction of sp³-hybridized carbons (Fsp3) is 0.533. The molecule has 20 heavy (non-hydrogen) atoms. The minimum absolute atomic E-state index is 0.00767. The maximum Gasteiger partial charge on any atom is 0.260 e. The third-order valence-corrected chi connectivity index (χ3v) is 3.59. The van der Waals surface area contributed by atoms with Crippen LogP contribution in [-0.4, -0.2) is 35.9 Å². The van der Waals surface area contributed by atoms with Gasteiger partial charge in [0.2, 0.25) is 0 Å². The zero-order valence-electron chi connectivity index (χ0n) is 11.9. The second-order valence-corrected chi connectivity index (χ2v) is 5.31. The van der Waals surface area contributed by atoms with E-state index in [4.69, 9.17) is 27.9 Å². The van der Waals surface area contributed by atoms with Gasteiger partial charge in [-0.05, 0) is 31.0 Å². The van der Waals surface area contributed by atoms with Gasteiger partial charge < -0.3 is 9.64 Å². The van der Waals surface area contributed by atoms with Gasteiger partial charge in [-0.3, -0.25) is 4.79 Å². The van der Waals surface area contributed by atoms with Gasteiger partial charge in [0.15, 0.2) is 6.61 Å². The summed E-state index contributed by atoms with van der Waals surface area (Å²) in [7, 11) is 0. The summed E-state index contributed by atoms with van der Waals surface area (Å²) in [6.45, 7) is 4.69. The SMILES string of the molecule is CCC(CC)N(CCCl)C(=O)COc1cccc(Cl)c1. The van der Waals surface area contributed by atoms with E-state index >= 15 is 0 Å². The number of nitrogens with zero attached hydrogens (tertiary/aromatic N) is 1. The molecule has 5 heteroatoms. The van der Waals surface area contributed by atoms with E-state index in [2.05, 4.69) is 13.8 Å². The van der Waals surface area contributed by atoms with Crippen molar-refractivity contribution < 1.29 is 9.53 Å². The number of carbonyl (C=O) groups excluding carboxylic acids is 1. The number of rotatable bonds is 8. The molecule has 0 radical (unpaired) electrons. The molecule has 0 spiro atoms. The van der Waals surface area contributed by atoms with Crippen LogP contribution in [0.4, 0.5) is 0 Å². The van der Waals surface area contributed by atoms with E-state index in [1.165, 1.54) is 0 Å². The molecule has 0 bridgehead atoms. The standard InChI is InChI=1S/C15H21Cl2NO2/c1-3-13(4-2)18(9-8-16)15(19)11-20-14-7-5-6-12(17)10-14/h5-7,10,13H,3-4,8-9,11H2,1-2H3. The highest BCUT2D eigenvalue weighted by molar-refractivity contribution is 6.30. The topological polar surface area (TPSA) is 29.5 Å². The molecule has 0 heterocycles. The maximum absolute atomic E-state index is 12.3. The van der Waals surface area contributed by atoms with Crippen LogP contribution in [0.15, 0.2) is 24.3 Å². The average molecular weight is 318 g/mol. The van der Waals surface area contributed by atoms with Crippen molar-refractivity contribution in [3.63, 3.8) is 0 Å². The molecule has 0 saturated heterocycles. The molecule has 0 unspecified atom stereocenters. The molecule has 112 valence electrons. The lowest BCUT2D eigenvalue weighted by Gasteiger charge is -2.30. The zero-order valence-corrected chi connectivity index (χ0v) is 13.5. The van der Waals surface area contributed by atoms with Crippen LogP contribution in [-0.2, 0) is 4.79 Å². The van der Waals surface area contributed by atoms with Gasteiger partial charge in [-0.15, -0.1) is 11.6 Å². The second kappa shape index (κ2) is 9.09. The summed E-state index contributed by atoms with van der Waals surface area (Å²) in [5.74, 6) is 0.986. The van der Waals surface area contributed by atoms with Gasteiger partial charge in [-0.25, -0.2) is 0 Å². The van der Waals surface area contributed by atoms with Crippen molar-refractivity contribution in [1.29, 1.82) is 0 Å². The van der Waals surface area contributed by atoms with Crippen molar-refractivity contribution in [2.45, 2.75) is 32.7 Å². The quantitative estimate of drug-likeness (QED) is 0.679. The third kappa shape index (κ3) is 5.22. The lowest BCUT2D eigenvalue weighted by molar-refractivity contribution is -0.135. The summed E-state index contributed by atoms with van der Waals surface area (Å²) in [6.07, 6.45) is 1.83. The molecule has 0 aliphatic heterocycles. The summed E-state index contributed by atoms with van der Waals surface area (Å²) < 4.78 is 5.50. The predicted molar refractivity (Wildman–Crippen MR) is 83.8 cm³/mol. The zero-order chi connectivity index (χ0) is 15.0. The van der Waals surface area contributed by atoms with Crippen molar-refractivity contribution in [2.75, 3.05) is 19.0 Å².